The van der Waals surface area contributed by atoms with E-state index in [4.69, 9.17) is 10.2 Å². The third-order valence-corrected chi connectivity index (χ3v) is 4.01. The van der Waals surface area contributed by atoms with Crippen LogP contribution in [0.3, 0.4) is 0 Å². The number of carbonyl (C=O) groups is 2. The van der Waals surface area contributed by atoms with Gasteiger partial charge in [-0.3, -0.25) is 9.59 Å². The predicted octanol–water partition coefficient (Wildman–Crippen LogP) is 0.984. The molecule has 116 valence electrons. The van der Waals surface area contributed by atoms with E-state index in [0.29, 0.717) is 18.0 Å². The molecule has 21 heavy (non-hydrogen) atoms. The maximum Gasteiger partial charge on any atom is 0.255 e. The number of nitrogens with one attached hydrogen (secondary N) is 1. The number of rotatable bonds is 4. The summed E-state index contributed by atoms with van der Waals surface area (Å²) in [6, 6.07) is 1.09. The second-order valence-corrected chi connectivity index (χ2v) is 5.75. The lowest BCUT2D eigenvalue weighted by atomic mass is 9.92. The molecule has 0 saturated carbocycles. The number of furan rings is 1. The number of nitrogens with two attached hydrogens (primary N) is 1. The van der Waals surface area contributed by atoms with Crippen molar-refractivity contribution in [3.05, 3.63) is 24.2 Å². The SMILES string of the molecule is CC(NC(=O)c1ccoc1)C(=O)N1CCCC(C(C)N)C1. The molecular weight excluding hydrogens is 270 g/mol. The van der Waals surface area contributed by atoms with Crippen molar-refractivity contribution in [3.8, 4) is 0 Å². The van der Waals surface area contributed by atoms with Crippen LogP contribution in [0.15, 0.2) is 23.0 Å². The molecule has 1 fully saturated rings. The van der Waals surface area contributed by atoms with Crippen LogP contribution < -0.4 is 11.1 Å². The second-order valence-electron chi connectivity index (χ2n) is 5.75. The van der Waals surface area contributed by atoms with Gasteiger partial charge < -0.3 is 20.4 Å². The zero-order valence-corrected chi connectivity index (χ0v) is 12.5. The van der Waals surface area contributed by atoms with Crippen LogP contribution in [0.4, 0.5) is 0 Å². The van der Waals surface area contributed by atoms with E-state index in [1.54, 1.807) is 17.9 Å². The first-order chi connectivity index (χ1) is 9.99. The predicted molar refractivity (Wildman–Crippen MR) is 78.6 cm³/mol. The molecule has 1 aromatic rings. The van der Waals surface area contributed by atoms with Gasteiger partial charge in [0.15, 0.2) is 0 Å². The molecule has 2 rings (SSSR count). The Bertz CT molecular complexity index is 484. The van der Waals surface area contributed by atoms with E-state index in [0.717, 1.165) is 19.4 Å². The van der Waals surface area contributed by atoms with Crippen LogP contribution in [0.25, 0.3) is 0 Å². The monoisotopic (exact) mass is 293 g/mol. The smallest absolute Gasteiger partial charge is 0.255 e. The summed E-state index contributed by atoms with van der Waals surface area (Å²) < 4.78 is 4.86. The molecule has 1 aliphatic rings. The summed E-state index contributed by atoms with van der Waals surface area (Å²) >= 11 is 0. The summed E-state index contributed by atoms with van der Waals surface area (Å²) in [5, 5.41) is 2.70. The normalized spacial score (nSPS) is 21.7. The highest BCUT2D eigenvalue weighted by atomic mass is 16.3. The Morgan fingerprint density at radius 1 is 1.48 bits per heavy atom. The van der Waals surface area contributed by atoms with Crippen LogP contribution in [0.1, 0.15) is 37.0 Å². The quantitative estimate of drug-likeness (QED) is 0.866. The fourth-order valence-electron chi connectivity index (χ4n) is 2.65. The third kappa shape index (κ3) is 3.85. The van der Waals surface area contributed by atoms with Crippen molar-refractivity contribution < 1.29 is 14.0 Å². The van der Waals surface area contributed by atoms with Gasteiger partial charge in [-0.1, -0.05) is 0 Å². The van der Waals surface area contributed by atoms with Gasteiger partial charge in [-0.05, 0) is 38.7 Å². The van der Waals surface area contributed by atoms with E-state index < -0.39 is 6.04 Å². The topological polar surface area (TPSA) is 88.6 Å². The van der Waals surface area contributed by atoms with E-state index in [1.807, 2.05) is 6.92 Å². The van der Waals surface area contributed by atoms with Gasteiger partial charge in [0.2, 0.25) is 5.91 Å². The minimum absolute atomic E-state index is 0.0582. The number of likely N-dealkylation sites (tertiary alicyclic amines) is 1. The molecule has 2 amide bonds. The summed E-state index contributed by atoms with van der Waals surface area (Å²) in [5.74, 6) is -0.0259. The van der Waals surface area contributed by atoms with Gasteiger partial charge in [0.1, 0.15) is 12.3 Å². The van der Waals surface area contributed by atoms with Gasteiger partial charge in [-0.2, -0.15) is 0 Å². The first-order valence-corrected chi connectivity index (χ1v) is 7.36. The second kappa shape index (κ2) is 6.76. The highest BCUT2D eigenvalue weighted by molar-refractivity contribution is 5.97. The Kier molecular flexibility index (Phi) is 5.01. The Morgan fingerprint density at radius 3 is 2.86 bits per heavy atom. The summed E-state index contributed by atoms with van der Waals surface area (Å²) in [6.45, 7) is 5.08. The van der Waals surface area contributed by atoms with E-state index in [1.165, 1.54) is 12.5 Å². The fraction of sp³-hybridized carbons (Fsp3) is 0.600. The molecule has 0 radical (unpaired) electrons. The van der Waals surface area contributed by atoms with Crippen molar-refractivity contribution in [2.75, 3.05) is 13.1 Å². The van der Waals surface area contributed by atoms with Crippen molar-refractivity contribution in [2.24, 2.45) is 11.7 Å². The maximum atomic E-state index is 12.4. The molecule has 0 spiro atoms. The Labute approximate surface area is 124 Å². The number of carbonyl (C=O) groups excluding carboxylic acids is 2. The molecule has 2 heterocycles. The number of amides is 2. The zero-order valence-electron chi connectivity index (χ0n) is 12.5. The van der Waals surface area contributed by atoms with Crippen LogP contribution in [-0.4, -0.2) is 41.9 Å². The molecule has 1 aliphatic heterocycles. The molecule has 3 atom stereocenters. The first-order valence-electron chi connectivity index (χ1n) is 7.36. The van der Waals surface area contributed by atoms with E-state index in [2.05, 4.69) is 5.32 Å². The highest BCUT2D eigenvalue weighted by Gasteiger charge is 2.29. The highest BCUT2D eigenvalue weighted by Crippen LogP contribution is 2.19. The van der Waals surface area contributed by atoms with Gasteiger partial charge in [0.05, 0.1) is 11.8 Å². The lowest BCUT2D eigenvalue weighted by molar-refractivity contribution is -0.134. The fourth-order valence-corrected chi connectivity index (χ4v) is 2.65. The standard InChI is InChI=1S/C15H23N3O3/c1-10(16)12-4-3-6-18(8-12)15(20)11(2)17-14(19)13-5-7-21-9-13/h5,7,9-12H,3-4,6,8,16H2,1-2H3,(H,17,19). The Balaban J connectivity index is 1.91. The van der Waals surface area contributed by atoms with E-state index in [9.17, 15) is 9.59 Å². The maximum absolute atomic E-state index is 12.4. The largest absolute Gasteiger partial charge is 0.472 e. The molecule has 3 unspecified atom stereocenters. The van der Waals surface area contributed by atoms with Gasteiger partial charge in [-0.25, -0.2) is 0 Å². The molecule has 1 aromatic heterocycles. The van der Waals surface area contributed by atoms with Crippen molar-refractivity contribution >= 4 is 11.8 Å². The third-order valence-electron chi connectivity index (χ3n) is 4.01. The van der Waals surface area contributed by atoms with Crippen molar-refractivity contribution in [2.45, 2.75) is 38.8 Å². The van der Waals surface area contributed by atoms with Gasteiger partial charge in [0.25, 0.3) is 5.91 Å². The zero-order chi connectivity index (χ0) is 15.4. The van der Waals surface area contributed by atoms with Crippen molar-refractivity contribution in [3.63, 3.8) is 0 Å². The van der Waals surface area contributed by atoms with Crippen LogP contribution in [0.5, 0.6) is 0 Å². The number of hydrogen-bond donors (Lipinski definition) is 2. The lowest BCUT2D eigenvalue weighted by Crippen LogP contribution is -2.51. The molecule has 6 nitrogen and oxygen atoms in total. The summed E-state index contributed by atoms with van der Waals surface area (Å²) in [5.41, 5.74) is 6.35. The van der Waals surface area contributed by atoms with Crippen LogP contribution in [0, 0.1) is 5.92 Å². The molecule has 0 bridgehead atoms. The van der Waals surface area contributed by atoms with E-state index >= 15 is 0 Å². The van der Waals surface area contributed by atoms with Gasteiger partial charge >= 0.3 is 0 Å². The average Bonchev–Trinajstić information content (AvgIpc) is 3.00. The van der Waals surface area contributed by atoms with Crippen LogP contribution in [-0.2, 0) is 4.79 Å². The number of nitrogens with zero attached hydrogens (tertiary/aromatic N) is 1. The van der Waals surface area contributed by atoms with Crippen molar-refractivity contribution in [1.82, 2.24) is 10.2 Å². The van der Waals surface area contributed by atoms with Crippen LogP contribution in [0.2, 0.25) is 0 Å². The van der Waals surface area contributed by atoms with Gasteiger partial charge in [0, 0.05) is 19.1 Å². The Morgan fingerprint density at radius 2 is 2.24 bits per heavy atom. The molecule has 0 aromatic carbocycles. The summed E-state index contributed by atoms with van der Waals surface area (Å²) in [7, 11) is 0. The van der Waals surface area contributed by atoms with Crippen LogP contribution >= 0.6 is 0 Å². The minimum Gasteiger partial charge on any atom is -0.472 e. The van der Waals surface area contributed by atoms with Crippen molar-refractivity contribution in [1.29, 1.82) is 0 Å². The molecule has 6 heteroatoms. The van der Waals surface area contributed by atoms with Gasteiger partial charge in [-0.15, -0.1) is 0 Å². The molecular formula is C15H23N3O3. The Hall–Kier alpha value is -1.82. The number of hydrogen-bond acceptors (Lipinski definition) is 4. The molecule has 0 aliphatic carbocycles. The molecule has 1 saturated heterocycles. The summed E-state index contributed by atoms with van der Waals surface area (Å²) in [4.78, 5) is 26.1. The van der Waals surface area contributed by atoms with E-state index in [-0.39, 0.29) is 17.9 Å². The lowest BCUT2D eigenvalue weighted by Gasteiger charge is -2.36. The minimum atomic E-state index is -0.556. The molecule has 3 N–H and O–H groups in total. The average molecular weight is 293 g/mol. The summed E-state index contributed by atoms with van der Waals surface area (Å²) in [6.07, 6.45) is 4.80. The first kappa shape index (κ1) is 15.6. The number of piperidine rings is 1.